The van der Waals surface area contributed by atoms with Crippen LogP contribution in [0.4, 0.5) is 0 Å². The van der Waals surface area contributed by atoms with E-state index in [-0.39, 0.29) is 0 Å². The largest absolute Gasteiger partial charge is 0.254 e. The third kappa shape index (κ3) is 2.77. The van der Waals surface area contributed by atoms with E-state index in [1.165, 1.54) is 0 Å². The lowest BCUT2D eigenvalue weighted by Crippen LogP contribution is -2.00. The van der Waals surface area contributed by atoms with Crippen molar-refractivity contribution in [2.75, 3.05) is 0 Å². The summed E-state index contributed by atoms with van der Waals surface area (Å²) < 4.78 is 12.1. The van der Waals surface area contributed by atoms with Gasteiger partial charge in [-0.1, -0.05) is 24.3 Å². The minimum absolute atomic E-state index is 0.320. The van der Waals surface area contributed by atoms with Crippen molar-refractivity contribution in [3.8, 4) is 6.07 Å². The number of hydrogen-bond donors (Lipinski definition) is 0. The van der Waals surface area contributed by atoms with Gasteiger partial charge in [-0.3, -0.25) is 4.21 Å². The van der Waals surface area contributed by atoms with Gasteiger partial charge in [-0.15, -0.1) is 0 Å². The van der Waals surface area contributed by atoms with Crippen LogP contribution in [0.3, 0.4) is 0 Å². The minimum atomic E-state index is -1.14. The average Bonchev–Trinajstić information content (AvgIpc) is 2.40. The Bertz CT molecular complexity index is 575. The Kier molecular flexibility index (Phi) is 3.63. The molecule has 0 saturated heterocycles. The van der Waals surface area contributed by atoms with Crippen LogP contribution in [0, 0.1) is 11.3 Å². The van der Waals surface area contributed by atoms with Crippen molar-refractivity contribution in [1.29, 1.82) is 5.26 Å². The van der Waals surface area contributed by atoms with Crippen molar-refractivity contribution in [3.63, 3.8) is 0 Å². The number of aromatic nitrogens is 1. The van der Waals surface area contributed by atoms with Crippen LogP contribution >= 0.6 is 0 Å². The summed E-state index contributed by atoms with van der Waals surface area (Å²) in [6.07, 6.45) is 1.56. The summed E-state index contributed by atoms with van der Waals surface area (Å²) in [4.78, 5) is 4.71. The van der Waals surface area contributed by atoms with Crippen LogP contribution in [0.1, 0.15) is 11.3 Å². The van der Waals surface area contributed by atoms with Gasteiger partial charge in [-0.25, -0.2) is 4.98 Å². The van der Waals surface area contributed by atoms with Gasteiger partial charge in [0.2, 0.25) is 0 Å². The average molecular weight is 242 g/mol. The van der Waals surface area contributed by atoms with E-state index >= 15 is 0 Å². The third-order valence-corrected chi connectivity index (χ3v) is 3.66. The van der Waals surface area contributed by atoms with Crippen LogP contribution < -0.4 is 0 Å². The van der Waals surface area contributed by atoms with Crippen molar-refractivity contribution >= 4 is 10.8 Å². The molecule has 17 heavy (non-hydrogen) atoms. The van der Waals surface area contributed by atoms with Gasteiger partial charge in [0.05, 0.1) is 16.6 Å². The van der Waals surface area contributed by atoms with E-state index in [1.54, 1.807) is 18.3 Å². The molecule has 0 fully saturated rings. The van der Waals surface area contributed by atoms with Crippen molar-refractivity contribution in [1.82, 2.24) is 4.98 Å². The summed E-state index contributed by atoms with van der Waals surface area (Å²) in [5, 5.41) is 8.89. The van der Waals surface area contributed by atoms with E-state index in [9.17, 15) is 4.21 Å². The maximum absolute atomic E-state index is 12.1. The highest BCUT2D eigenvalue weighted by Gasteiger charge is 2.08. The summed E-state index contributed by atoms with van der Waals surface area (Å²) in [7, 11) is -1.14. The van der Waals surface area contributed by atoms with Crippen molar-refractivity contribution < 1.29 is 4.21 Å². The fourth-order valence-corrected chi connectivity index (χ4v) is 2.60. The van der Waals surface area contributed by atoms with Crippen LogP contribution in [-0.2, 0) is 16.6 Å². The maximum atomic E-state index is 12.1. The topological polar surface area (TPSA) is 53.8 Å². The highest BCUT2D eigenvalue weighted by atomic mass is 32.2. The molecule has 1 aromatic carbocycles. The van der Waals surface area contributed by atoms with Crippen LogP contribution in [0.5, 0.6) is 0 Å². The van der Waals surface area contributed by atoms with Crippen LogP contribution in [-0.4, -0.2) is 9.19 Å². The van der Waals surface area contributed by atoms with Crippen molar-refractivity contribution in [3.05, 3.63) is 59.9 Å². The van der Waals surface area contributed by atoms with Gasteiger partial charge >= 0.3 is 0 Å². The molecule has 0 aliphatic rings. The summed E-state index contributed by atoms with van der Waals surface area (Å²) >= 11 is 0. The summed E-state index contributed by atoms with van der Waals surface area (Å²) in [5.41, 5.74) is 1.06. The first-order valence-electron chi connectivity index (χ1n) is 5.08. The Morgan fingerprint density at radius 3 is 2.65 bits per heavy atom. The highest BCUT2D eigenvalue weighted by molar-refractivity contribution is 7.84. The Morgan fingerprint density at radius 2 is 1.94 bits per heavy atom. The molecule has 4 heteroatoms. The minimum Gasteiger partial charge on any atom is -0.254 e. The second-order valence-electron chi connectivity index (χ2n) is 3.43. The van der Waals surface area contributed by atoms with E-state index < -0.39 is 10.8 Å². The molecule has 1 heterocycles. The normalized spacial score (nSPS) is 11.7. The first-order valence-corrected chi connectivity index (χ1v) is 6.40. The van der Waals surface area contributed by atoms with E-state index in [4.69, 9.17) is 5.26 Å². The van der Waals surface area contributed by atoms with Crippen molar-refractivity contribution in [2.24, 2.45) is 0 Å². The van der Waals surface area contributed by atoms with Gasteiger partial charge in [0.25, 0.3) is 0 Å². The molecule has 2 rings (SSSR count). The number of benzene rings is 1. The number of rotatable bonds is 3. The van der Waals surface area contributed by atoms with Gasteiger partial charge in [-0.2, -0.15) is 5.26 Å². The molecular weight excluding hydrogens is 232 g/mol. The molecule has 1 atom stereocenters. The van der Waals surface area contributed by atoms with E-state index in [0.717, 1.165) is 10.5 Å². The second-order valence-corrected chi connectivity index (χ2v) is 4.88. The zero-order valence-corrected chi connectivity index (χ0v) is 9.85. The lowest BCUT2D eigenvalue weighted by Gasteiger charge is -2.03. The smallest absolute Gasteiger partial charge is 0.144 e. The molecule has 1 unspecified atom stereocenters. The van der Waals surface area contributed by atoms with Gasteiger partial charge in [0, 0.05) is 16.7 Å². The third-order valence-electron chi connectivity index (χ3n) is 2.29. The first kappa shape index (κ1) is 11.5. The Balaban J connectivity index is 2.23. The fraction of sp³-hybridized carbons (Fsp3) is 0.0769. The van der Waals surface area contributed by atoms with Crippen LogP contribution in [0.25, 0.3) is 0 Å². The highest BCUT2D eigenvalue weighted by Crippen LogP contribution is 2.13. The molecule has 0 aliphatic carbocycles. The van der Waals surface area contributed by atoms with E-state index in [1.807, 2.05) is 36.4 Å². The molecule has 0 spiro atoms. The quantitative estimate of drug-likeness (QED) is 0.829. The zero-order valence-electron chi connectivity index (χ0n) is 9.04. The number of hydrogen-bond acceptors (Lipinski definition) is 3. The molecule has 0 radical (unpaired) electrons. The molecule has 84 valence electrons. The molecule has 0 bridgehead atoms. The Labute approximate surface area is 102 Å². The fourth-order valence-electron chi connectivity index (χ4n) is 1.45. The Morgan fingerprint density at radius 1 is 1.18 bits per heavy atom. The standard InChI is InChI=1S/C13H10N2OS/c14-9-13-11(5-4-8-15-13)10-17(16)12-6-2-1-3-7-12/h1-8H,10H2. The monoisotopic (exact) mass is 242 g/mol. The van der Waals surface area contributed by atoms with Gasteiger partial charge in [0.1, 0.15) is 11.8 Å². The lowest BCUT2D eigenvalue weighted by molar-refractivity contribution is 0.682. The van der Waals surface area contributed by atoms with Crippen LogP contribution in [0.15, 0.2) is 53.6 Å². The summed E-state index contributed by atoms with van der Waals surface area (Å²) in [6, 6.07) is 14.8. The molecular formula is C13H10N2OS. The predicted octanol–water partition coefficient (Wildman–Crippen LogP) is 2.26. The van der Waals surface area contributed by atoms with Gasteiger partial charge in [0.15, 0.2) is 0 Å². The Hall–Kier alpha value is -1.99. The molecule has 0 N–H and O–H groups in total. The van der Waals surface area contributed by atoms with Gasteiger partial charge < -0.3 is 0 Å². The van der Waals surface area contributed by atoms with E-state index in [2.05, 4.69) is 4.98 Å². The van der Waals surface area contributed by atoms with Crippen molar-refractivity contribution in [2.45, 2.75) is 10.6 Å². The number of nitriles is 1. The SMILES string of the molecule is N#Cc1ncccc1CS(=O)c1ccccc1. The molecule has 3 nitrogen and oxygen atoms in total. The molecule has 0 aliphatic heterocycles. The number of nitrogens with zero attached hydrogens (tertiary/aromatic N) is 2. The molecule has 2 aromatic rings. The molecule has 1 aromatic heterocycles. The maximum Gasteiger partial charge on any atom is 0.144 e. The predicted molar refractivity (Wildman–Crippen MR) is 65.5 cm³/mol. The summed E-state index contributed by atoms with van der Waals surface area (Å²) in [6.45, 7) is 0. The molecule has 0 amide bonds. The first-order chi connectivity index (χ1) is 8.31. The number of pyridine rings is 1. The lowest BCUT2D eigenvalue weighted by atomic mass is 10.2. The van der Waals surface area contributed by atoms with Crippen LogP contribution in [0.2, 0.25) is 0 Å². The molecule has 0 saturated carbocycles. The zero-order chi connectivity index (χ0) is 12.1. The van der Waals surface area contributed by atoms with E-state index in [0.29, 0.717) is 11.4 Å². The van der Waals surface area contributed by atoms with Gasteiger partial charge in [-0.05, 0) is 18.2 Å². The second kappa shape index (κ2) is 5.37. The summed E-state index contributed by atoms with van der Waals surface area (Å²) in [5.74, 6) is 0.320.